The summed E-state index contributed by atoms with van der Waals surface area (Å²) in [6.07, 6.45) is 7.78. The van der Waals surface area contributed by atoms with Crippen LogP contribution in [0, 0.1) is 0 Å². The van der Waals surface area contributed by atoms with Crippen molar-refractivity contribution in [1.29, 1.82) is 0 Å². The molecular formula is C58H43N5. The van der Waals surface area contributed by atoms with Crippen LogP contribution in [0.3, 0.4) is 0 Å². The molecule has 1 unspecified atom stereocenters. The Bertz CT molecular complexity index is 3170. The highest BCUT2D eigenvalue weighted by Crippen LogP contribution is 2.53. The lowest BCUT2D eigenvalue weighted by Crippen LogP contribution is -2.17. The fourth-order valence-corrected chi connectivity index (χ4v) is 10.0. The van der Waals surface area contributed by atoms with Gasteiger partial charge in [-0.15, -0.1) is 0 Å². The Morgan fingerprint density at radius 1 is 0.460 bits per heavy atom. The number of hydrogen-bond acceptors (Lipinski definition) is 3. The van der Waals surface area contributed by atoms with Crippen molar-refractivity contribution in [2.75, 3.05) is 0 Å². The third-order valence-electron chi connectivity index (χ3n) is 13.1. The zero-order valence-corrected chi connectivity index (χ0v) is 35.2. The summed E-state index contributed by atoms with van der Waals surface area (Å²) in [5, 5.41) is 2.39. The monoisotopic (exact) mass is 809 g/mol. The molecule has 0 spiro atoms. The van der Waals surface area contributed by atoms with Crippen molar-refractivity contribution < 1.29 is 0 Å². The number of hydrogen-bond donors (Lipinski definition) is 0. The molecule has 10 aromatic rings. The Labute approximate surface area is 367 Å². The molecule has 0 fully saturated rings. The molecule has 7 aromatic carbocycles. The van der Waals surface area contributed by atoms with Gasteiger partial charge < -0.3 is 4.57 Å². The van der Waals surface area contributed by atoms with Crippen LogP contribution in [0.25, 0.3) is 95.2 Å². The van der Waals surface area contributed by atoms with Crippen molar-refractivity contribution in [3.63, 3.8) is 0 Å². The van der Waals surface area contributed by atoms with E-state index in [0.29, 0.717) is 17.6 Å². The SMILES string of the molecule is CC1(C)C2=CC=CCC2n2c1cc1c3ccccc3n(-c3nc(-c4cc(-c5ccccc5)cc(-c5ccccc5)c4)nc(-c4cc(-c5ccccc5)cc(-c5ccccc5)c4)n3)c12. The van der Waals surface area contributed by atoms with Gasteiger partial charge in [0.05, 0.1) is 11.6 Å². The Hall–Kier alpha value is -7.89. The van der Waals surface area contributed by atoms with E-state index in [1.807, 2.05) is 0 Å². The van der Waals surface area contributed by atoms with Crippen LogP contribution in [0.1, 0.15) is 32.0 Å². The fraction of sp³-hybridized carbons (Fsp3) is 0.0862. The number of allylic oxidation sites excluding steroid dienone is 4. The minimum absolute atomic E-state index is 0.132. The molecule has 0 bridgehead atoms. The van der Waals surface area contributed by atoms with Crippen LogP contribution in [-0.4, -0.2) is 24.1 Å². The third kappa shape index (κ3) is 6.19. The molecule has 63 heavy (non-hydrogen) atoms. The lowest BCUT2D eigenvalue weighted by molar-refractivity contribution is 0.589. The molecule has 2 aliphatic rings. The Balaban J connectivity index is 1.17. The highest BCUT2D eigenvalue weighted by Gasteiger charge is 2.44. The lowest BCUT2D eigenvalue weighted by Gasteiger charge is -2.24. The second-order valence-corrected chi connectivity index (χ2v) is 17.3. The first-order valence-electron chi connectivity index (χ1n) is 21.8. The fourth-order valence-electron chi connectivity index (χ4n) is 10.0. The molecule has 0 radical (unpaired) electrons. The topological polar surface area (TPSA) is 48.5 Å². The molecule has 300 valence electrons. The van der Waals surface area contributed by atoms with Crippen LogP contribution < -0.4 is 0 Å². The molecule has 5 heteroatoms. The second kappa shape index (κ2) is 14.6. The van der Waals surface area contributed by atoms with Crippen LogP contribution in [0.4, 0.5) is 0 Å². The van der Waals surface area contributed by atoms with Crippen molar-refractivity contribution in [2.24, 2.45) is 0 Å². The summed E-state index contributed by atoms with van der Waals surface area (Å²) in [5.74, 6) is 1.80. The zero-order valence-electron chi connectivity index (χ0n) is 35.2. The minimum atomic E-state index is -0.132. The molecule has 12 rings (SSSR count). The average Bonchev–Trinajstić information content (AvgIpc) is 3.97. The van der Waals surface area contributed by atoms with Gasteiger partial charge in [0.2, 0.25) is 5.95 Å². The van der Waals surface area contributed by atoms with Crippen LogP contribution in [-0.2, 0) is 5.41 Å². The van der Waals surface area contributed by atoms with E-state index in [1.165, 1.54) is 22.0 Å². The average molecular weight is 810 g/mol. The highest BCUT2D eigenvalue weighted by molar-refractivity contribution is 6.09. The summed E-state index contributed by atoms with van der Waals surface area (Å²) in [5.41, 5.74) is 15.5. The van der Waals surface area contributed by atoms with Crippen molar-refractivity contribution in [3.8, 4) is 73.2 Å². The van der Waals surface area contributed by atoms with Gasteiger partial charge in [-0.1, -0.05) is 172 Å². The predicted octanol–water partition coefficient (Wildman–Crippen LogP) is 14.5. The van der Waals surface area contributed by atoms with Crippen LogP contribution in [0.15, 0.2) is 212 Å². The first-order valence-corrected chi connectivity index (χ1v) is 21.8. The molecule has 1 atom stereocenters. The van der Waals surface area contributed by atoms with Gasteiger partial charge >= 0.3 is 0 Å². The molecule has 0 saturated heterocycles. The molecule has 1 aliphatic carbocycles. The van der Waals surface area contributed by atoms with E-state index in [4.69, 9.17) is 15.0 Å². The summed E-state index contributed by atoms with van der Waals surface area (Å²) >= 11 is 0. The van der Waals surface area contributed by atoms with Gasteiger partial charge in [-0.2, -0.15) is 9.97 Å². The van der Waals surface area contributed by atoms with Gasteiger partial charge in [-0.3, -0.25) is 4.57 Å². The molecule has 3 aromatic heterocycles. The van der Waals surface area contributed by atoms with E-state index in [9.17, 15) is 0 Å². The van der Waals surface area contributed by atoms with Crippen molar-refractivity contribution in [2.45, 2.75) is 31.7 Å². The maximum atomic E-state index is 5.55. The number of aromatic nitrogens is 5. The summed E-state index contributed by atoms with van der Waals surface area (Å²) in [6.45, 7) is 4.73. The van der Waals surface area contributed by atoms with Gasteiger partial charge in [-0.25, -0.2) is 4.98 Å². The molecule has 1 aliphatic heterocycles. The molecule has 0 saturated carbocycles. The normalized spacial score (nSPS) is 15.1. The lowest BCUT2D eigenvalue weighted by atomic mass is 9.79. The van der Waals surface area contributed by atoms with Gasteiger partial charge in [-0.05, 0) is 105 Å². The first-order chi connectivity index (χ1) is 31.0. The third-order valence-corrected chi connectivity index (χ3v) is 13.1. The number of nitrogens with zero attached hydrogens (tertiary/aromatic N) is 5. The molecule has 5 nitrogen and oxygen atoms in total. The predicted molar refractivity (Wildman–Crippen MR) is 259 cm³/mol. The minimum Gasteiger partial charge on any atom is -0.322 e. The van der Waals surface area contributed by atoms with E-state index in [1.54, 1.807) is 0 Å². The zero-order chi connectivity index (χ0) is 42.1. The van der Waals surface area contributed by atoms with Crippen molar-refractivity contribution in [3.05, 3.63) is 218 Å². The molecule has 4 heterocycles. The van der Waals surface area contributed by atoms with Crippen LogP contribution in [0.5, 0.6) is 0 Å². The number of para-hydroxylation sites is 1. The smallest absolute Gasteiger partial charge is 0.239 e. The number of fused-ring (bicyclic) bond motifs is 7. The van der Waals surface area contributed by atoms with Gasteiger partial charge in [0, 0.05) is 33.0 Å². The number of rotatable bonds is 7. The highest BCUT2D eigenvalue weighted by atomic mass is 15.3. The quantitative estimate of drug-likeness (QED) is 0.161. The molecule has 0 amide bonds. The van der Waals surface area contributed by atoms with E-state index in [0.717, 1.165) is 73.2 Å². The van der Waals surface area contributed by atoms with Crippen LogP contribution in [0.2, 0.25) is 0 Å². The van der Waals surface area contributed by atoms with E-state index in [2.05, 4.69) is 229 Å². The van der Waals surface area contributed by atoms with Crippen LogP contribution >= 0.6 is 0 Å². The van der Waals surface area contributed by atoms with Crippen molar-refractivity contribution >= 4 is 21.9 Å². The van der Waals surface area contributed by atoms with Gasteiger partial charge in [0.25, 0.3) is 0 Å². The standard InChI is InChI=1S/C58H43N5/c1-58(2)50-28-16-18-30-52(50)62-53(58)37-49-48-27-15-17-29-51(48)63(56(49)62)57-60-54(46-33-42(38-19-7-3-8-20-38)31-43(34-46)39-21-9-4-10-22-39)59-55(61-57)47-35-44(40-23-11-5-12-24-40)32-45(36-47)41-25-13-6-14-26-41/h3-29,31-37,52H,30H2,1-2H3. The summed E-state index contributed by atoms with van der Waals surface area (Å²) in [6, 6.07) is 67.1. The summed E-state index contributed by atoms with van der Waals surface area (Å²) in [7, 11) is 0. The van der Waals surface area contributed by atoms with E-state index in [-0.39, 0.29) is 11.5 Å². The number of benzene rings is 7. The Morgan fingerprint density at radius 2 is 0.905 bits per heavy atom. The first kappa shape index (κ1) is 36.9. The van der Waals surface area contributed by atoms with Gasteiger partial charge in [0.15, 0.2) is 11.6 Å². The summed E-state index contributed by atoms with van der Waals surface area (Å²) < 4.78 is 4.87. The maximum absolute atomic E-state index is 5.55. The summed E-state index contributed by atoms with van der Waals surface area (Å²) in [4.78, 5) is 16.6. The van der Waals surface area contributed by atoms with Crippen molar-refractivity contribution in [1.82, 2.24) is 24.1 Å². The maximum Gasteiger partial charge on any atom is 0.239 e. The largest absolute Gasteiger partial charge is 0.322 e. The molecule has 0 N–H and O–H groups in total. The van der Waals surface area contributed by atoms with E-state index >= 15 is 0 Å². The Kier molecular flexibility index (Phi) is 8.58. The molecular weight excluding hydrogens is 767 g/mol. The van der Waals surface area contributed by atoms with E-state index < -0.39 is 0 Å². The Morgan fingerprint density at radius 3 is 1.40 bits per heavy atom. The second-order valence-electron chi connectivity index (χ2n) is 17.3. The van der Waals surface area contributed by atoms with Gasteiger partial charge in [0.1, 0.15) is 5.65 Å².